The van der Waals surface area contributed by atoms with Gasteiger partial charge in [0.05, 0.1) is 0 Å². The zero-order valence-electron chi connectivity index (χ0n) is 30.4. The van der Waals surface area contributed by atoms with E-state index in [1.807, 2.05) is 0 Å². The Balaban J connectivity index is 0.000000228. The summed E-state index contributed by atoms with van der Waals surface area (Å²) in [5.41, 5.74) is 20.3. The Morgan fingerprint density at radius 3 is 1.81 bits per heavy atom. The van der Waals surface area contributed by atoms with Crippen molar-refractivity contribution in [1.29, 1.82) is 0 Å². The van der Waals surface area contributed by atoms with Crippen molar-refractivity contribution < 1.29 is 49.0 Å². The fraction of sp³-hybridized carbons (Fsp3) is 0.386. The van der Waals surface area contributed by atoms with E-state index in [1.54, 1.807) is 0 Å². The van der Waals surface area contributed by atoms with E-state index in [1.165, 1.54) is 102 Å². The molecule has 3 aromatic rings. The molecule has 0 saturated carbocycles. The van der Waals surface area contributed by atoms with Crippen LogP contribution >= 0.6 is 0 Å². The third kappa shape index (κ3) is 8.06. The molecule has 246 valence electrons. The molecule has 0 fully saturated rings. The Hall–Kier alpha value is -2.05. The van der Waals surface area contributed by atoms with E-state index < -0.39 is 0 Å². The summed E-state index contributed by atoms with van der Waals surface area (Å²) in [6.07, 6.45) is 12.8. The summed E-state index contributed by atoms with van der Waals surface area (Å²) >= 11 is 1.47. The van der Waals surface area contributed by atoms with E-state index in [9.17, 15) is 0 Å². The maximum atomic E-state index is 3.65. The van der Waals surface area contributed by atoms with Gasteiger partial charge in [0.15, 0.2) is 0 Å². The molecule has 1 unspecified atom stereocenters. The molecule has 7 rings (SSSR count). The van der Waals surface area contributed by atoms with Gasteiger partial charge in [-0.15, -0.1) is 11.6 Å². The van der Waals surface area contributed by atoms with Crippen LogP contribution in [0.1, 0.15) is 121 Å². The van der Waals surface area contributed by atoms with Gasteiger partial charge in [0.25, 0.3) is 0 Å². The Bertz CT molecular complexity index is 1720. The number of aryl methyl sites for hydroxylation is 1. The van der Waals surface area contributed by atoms with E-state index in [4.69, 9.17) is 0 Å². The van der Waals surface area contributed by atoms with Crippen molar-refractivity contribution in [3.05, 3.63) is 128 Å². The van der Waals surface area contributed by atoms with Crippen LogP contribution in [-0.2, 0) is 41.5 Å². The Morgan fingerprint density at radius 2 is 1.32 bits per heavy atom. The first-order chi connectivity index (χ1) is 20.9. The minimum atomic E-state index is 0. The molecule has 3 heteroatoms. The van der Waals surface area contributed by atoms with Gasteiger partial charge in [-0.1, -0.05) is 104 Å². The van der Waals surface area contributed by atoms with Crippen LogP contribution in [0.15, 0.2) is 71.8 Å². The van der Waals surface area contributed by atoms with Gasteiger partial charge in [-0.25, -0.2) is 11.1 Å². The predicted molar refractivity (Wildman–Crippen MR) is 192 cm³/mol. The molecule has 0 aliphatic heterocycles. The van der Waals surface area contributed by atoms with E-state index >= 15 is 0 Å². The molecule has 4 aliphatic rings. The van der Waals surface area contributed by atoms with Crippen LogP contribution in [0.3, 0.4) is 0 Å². The van der Waals surface area contributed by atoms with E-state index in [2.05, 4.69) is 160 Å². The van der Waals surface area contributed by atoms with Crippen LogP contribution in [0.2, 0.25) is 0 Å². The smallest absolute Gasteiger partial charge is 1.00 e. The van der Waals surface area contributed by atoms with Gasteiger partial charge >= 0.3 is 70.3 Å². The molecule has 0 saturated heterocycles. The van der Waals surface area contributed by atoms with Gasteiger partial charge in [-0.3, -0.25) is 12.2 Å². The fourth-order valence-corrected chi connectivity index (χ4v) is 8.06. The van der Waals surface area contributed by atoms with Crippen molar-refractivity contribution >= 4 is 14.9 Å². The summed E-state index contributed by atoms with van der Waals surface area (Å²) in [6.45, 7) is 26.9. The first-order valence-corrected chi connectivity index (χ1v) is 17.9. The number of allylic oxidation sites excluding steroid dienone is 8. The number of fused-ring (bicyclic) bond motifs is 5. The zero-order valence-corrected chi connectivity index (χ0v) is 34.4. The van der Waals surface area contributed by atoms with Gasteiger partial charge < -0.3 is 24.8 Å². The molecule has 0 aromatic heterocycles. The van der Waals surface area contributed by atoms with Gasteiger partial charge in [0.1, 0.15) is 0 Å². The number of rotatable bonds is 1. The summed E-state index contributed by atoms with van der Waals surface area (Å²) < 4.78 is 2.19. The molecule has 0 N–H and O–H groups in total. The Labute approximate surface area is 313 Å². The van der Waals surface area contributed by atoms with E-state index in [0.29, 0.717) is 11.3 Å². The third-order valence-electron chi connectivity index (χ3n) is 9.75. The van der Waals surface area contributed by atoms with E-state index in [0.717, 1.165) is 6.42 Å². The normalized spacial score (nSPS) is 18.6. The van der Waals surface area contributed by atoms with Gasteiger partial charge in [-0.05, 0) is 58.4 Å². The second kappa shape index (κ2) is 14.4. The van der Waals surface area contributed by atoms with Crippen LogP contribution in [0, 0.1) is 30.4 Å². The number of halogens is 2. The summed E-state index contributed by atoms with van der Waals surface area (Å²) in [4.78, 5) is 0. The molecular formula is C44H50Cl2Zr-2. The number of hydrogen-bond donors (Lipinski definition) is 0. The summed E-state index contributed by atoms with van der Waals surface area (Å²) in [5.74, 6) is 0.518. The predicted octanol–water partition coefficient (Wildman–Crippen LogP) is 5.51. The van der Waals surface area contributed by atoms with Crippen LogP contribution in [-0.4, -0.2) is 3.71 Å². The topological polar surface area (TPSA) is 0 Å². The van der Waals surface area contributed by atoms with Crippen molar-refractivity contribution in [2.24, 2.45) is 11.3 Å². The number of benzene rings is 3. The summed E-state index contributed by atoms with van der Waals surface area (Å²) in [5, 5.41) is 0. The Morgan fingerprint density at radius 1 is 0.766 bits per heavy atom. The van der Waals surface area contributed by atoms with Crippen LogP contribution in [0.25, 0.3) is 22.3 Å². The molecule has 0 bridgehead atoms. The molecule has 1 atom stereocenters. The molecule has 0 heterocycles. The monoisotopic (exact) mass is 738 g/mol. The molecule has 3 aromatic carbocycles. The minimum Gasteiger partial charge on any atom is -1.00 e. The molecule has 0 spiro atoms. The molecular weight excluding hydrogens is 691 g/mol. The molecule has 4 aliphatic carbocycles. The van der Waals surface area contributed by atoms with Crippen molar-refractivity contribution in [2.75, 3.05) is 0 Å². The third-order valence-corrected chi connectivity index (χ3v) is 10.6. The molecule has 0 amide bonds. The number of hydrogen-bond acceptors (Lipinski definition) is 0. The van der Waals surface area contributed by atoms with Gasteiger partial charge in [-0.2, -0.15) is 17.2 Å². The van der Waals surface area contributed by atoms with Crippen molar-refractivity contribution in [1.82, 2.24) is 0 Å². The average molecular weight is 741 g/mol. The maximum absolute atomic E-state index is 3.65. The van der Waals surface area contributed by atoms with E-state index in [-0.39, 0.29) is 35.6 Å². The minimum absolute atomic E-state index is 0. The first-order valence-electron chi connectivity index (χ1n) is 16.5. The maximum Gasteiger partial charge on any atom is -1.00 e. The van der Waals surface area contributed by atoms with Crippen molar-refractivity contribution in [2.45, 2.75) is 100 Å². The summed E-state index contributed by atoms with van der Waals surface area (Å²) in [6, 6.07) is 18.4. The fourth-order valence-electron chi connectivity index (χ4n) is 7.59. The molecule has 0 nitrogen and oxygen atoms in total. The van der Waals surface area contributed by atoms with Crippen molar-refractivity contribution in [3.8, 4) is 11.1 Å². The van der Waals surface area contributed by atoms with Crippen molar-refractivity contribution in [3.63, 3.8) is 0 Å². The average Bonchev–Trinajstić information content (AvgIpc) is 3.62. The van der Waals surface area contributed by atoms with Gasteiger partial charge in [0.2, 0.25) is 0 Å². The standard InChI is InChI=1S/C25H25.C11H17.C8H8.2ClH.Zr/c1-14-12-24(3,4)22-8-16-7-17-9-23-19(15(2)13-25(23,5)6)11-21(17)20(16)10-18(14)22;1-8-6-9(2)10(7-8)11(3,4)5;1-7-3-5-8(2)6-4-7;;;/h8-12H,7H2,1-6H3;7-8H,1-5H3;1,3-6H,2H3;2*1H;/q2*-1;;;;+2/p-2. The second-order valence-electron chi connectivity index (χ2n) is 15.7. The quantitative estimate of drug-likeness (QED) is 0.226. The Kier molecular flexibility index (Phi) is 12.1. The molecule has 47 heavy (non-hydrogen) atoms. The first kappa shape index (κ1) is 39.4. The van der Waals surface area contributed by atoms with Crippen LogP contribution < -0.4 is 24.8 Å². The molecule has 0 radical (unpaired) electrons. The second-order valence-corrected chi connectivity index (χ2v) is 16.4. The summed E-state index contributed by atoms with van der Waals surface area (Å²) in [7, 11) is 0. The van der Waals surface area contributed by atoms with Crippen LogP contribution in [0.5, 0.6) is 0 Å². The zero-order chi connectivity index (χ0) is 33.1. The SMILES string of the molecule is CC1=[C-]C(C)(C)c2cc3c(cc21)-c1cc2c(cc1C3)C(C)(C)C=C2C.CC1=[C-]C(C)C=C1C(C)(C)C.Cc1ccc([CH]=[Zr+2])cc1.[Cl-].[Cl-]. The van der Waals surface area contributed by atoms with Gasteiger partial charge in [0, 0.05) is 5.41 Å². The van der Waals surface area contributed by atoms with Crippen LogP contribution in [0.4, 0.5) is 0 Å². The largest absolute Gasteiger partial charge is 1.00 e.